The number of rotatable bonds is 6. The van der Waals surface area contributed by atoms with E-state index in [0.29, 0.717) is 38.3 Å². The number of methoxy groups -OCH3 is 2. The zero-order valence-electron chi connectivity index (χ0n) is 15.1. The monoisotopic (exact) mass is 421 g/mol. The zero-order valence-corrected chi connectivity index (χ0v) is 16.6. The van der Waals surface area contributed by atoms with E-state index in [9.17, 15) is 4.79 Å². The molecule has 0 bridgehead atoms. The van der Waals surface area contributed by atoms with E-state index in [1.165, 1.54) is 14.2 Å². The van der Waals surface area contributed by atoms with E-state index < -0.39 is 12.3 Å². The van der Waals surface area contributed by atoms with Crippen LogP contribution in [0.4, 0.5) is 0 Å². The maximum atomic E-state index is 13.1. The number of benzene rings is 1. The van der Waals surface area contributed by atoms with Gasteiger partial charge in [0, 0.05) is 30.4 Å². The number of hydrogen-bond donors (Lipinski definition) is 1. The third-order valence-corrected chi connectivity index (χ3v) is 5.28. The first kappa shape index (κ1) is 19.0. The number of aromatic nitrogens is 2. The molecule has 1 aliphatic heterocycles. The fourth-order valence-corrected chi connectivity index (χ4v) is 3.92. The van der Waals surface area contributed by atoms with E-state index in [1.807, 2.05) is 6.07 Å². The summed E-state index contributed by atoms with van der Waals surface area (Å²) >= 11 is 12.4. The first-order valence-corrected chi connectivity index (χ1v) is 9.24. The van der Waals surface area contributed by atoms with Crippen LogP contribution >= 0.6 is 23.2 Å². The smallest absolute Gasteiger partial charge is 0.273 e. The number of amides is 1. The number of carbonyl (C=O) groups is 1. The normalized spacial score (nSPS) is 16.2. The highest BCUT2D eigenvalue weighted by molar-refractivity contribution is 6.36. The number of nitrogens with zero attached hydrogens (tertiary/aromatic N) is 2. The number of halogens is 2. The van der Waals surface area contributed by atoms with Crippen molar-refractivity contribution in [1.29, 1.82) is 0 Å². The van der Waals surface area contributed by atoms with Crippen molar-refractivity contribution in [2.75, 3.05) is 20.8 Å². The highest BCUT2D eigenvalue weighted by atomic mass is 35.5. The van der Waals surface area contributed by atoms with Crippen molar-refractivity contribution in [2.45, 2.75) is 12.3 Å². The van der Waals surface area contributed by atoms with Gasteiger partial charge in [0.15, 0.2) is 6.29 Å². The van der Waals surface area contributed by atoms with Gasteiger partial charge < -0.3 is 18.8 Å². The van der Waals surface area contributed by atoms with Gasteiger partial charge in [-0.25, -0.2) is 0 Å². The summed E-state index contributed by atoms with van der Waals surface area (Å²) in [4.78, 5) is 14.7. The molecule has 9 heteroatoms. The van der Waals surface area contributed by atoms with E-state index in [1.54, 1.807) is 35.4 Å². The van der Waals surface area contributed by atoms with Gasteiger partial charge in [0.25, 0.3) is 5.91 Å². The summed E-state index contributed by atoms with van der Waals surface area (Å²) in [6, 6.07) is 8.24. The van der Waals surface area contributed by atoms with Crippen LogP contribution in [0.2, 0.25) is 10.0 Å². The van der Waals surface area contributed by atoms with Gasteiger partial charge in [0.2, 0.25) is 0 Å². The minimum atomic E-state index is -0.582. The Labute approximate surface area is 171 Å². The molecule has 2 aromatic heterocycles. The predicted octanol–water partition coefficient (Wildman–Crippen LogP) is 4.14. The van der Waals surface area contributed by atoms with Crippen molar-refractivity contribution in [3.8, 4) is 11.3 Å². The summed E-state index contributed by atoms with van der Waals surface area (Å²) in [5.41, 5.74) is 2.31. The number of aromatic amines is 1. The van der Waals surface area contributed by atoms with Gasteiger partial charge in [-0.1, -0.05) is 23.2 Å². The molecule has 7 nitrogen and oxygen atoms in total. The van der Waals surface area contributed by atoms with Crippen LogP contribution in [-0.2, 0) is 9.47 Å². The molecule has 3 heterocycles. The Bertz CT molecular complexity index is 999. The second-order valence-corrected chi connectivity index (χ2v) is 7.11. The van der Waals surface area contributed by atoms with Crippen LogP contribution < -0.4 is 0 Å². The molecule has 1 atom stereocenters. The quantitative estimate of drug-likeness (QED) is 0.604. The molecule has 1 amide bonds. The van der Waals surface area contributed by atoms with Crippen molar-refractivity contribution in [2.24, 2.45) is 0 Å². The van der Waals surface area contributed by atoms with Crippen molar-refractivity contribution >= 4 is 29.1 Å². The first-order valence-electron chi connectivity index (χ1n) is 8.48. The Morgan fingerprint density at radius 1 is 1.29 bits per heavy atom. The summed E-state index contributed by atoms with van der Waals surface area (Å²) in [7, 11) is 3.05. The van der Waals surface area contributed by atoms with Crippen molar-refractivity contribution in [3.05, 3.63) is 63.7 Å². The third kappa shape index (κ3) is 3.10. The van der Waals surface area contributed by atoms with E-state index in [-0.39, 0.29) is 12.5 Å². The lowest BCUT2D eigenvalue weighted by Crippen LogP contribution is -2.37. The standard InChI is InChI=1S/C19H17Cl2N3O4/c1-26-14(27-2)9-24-18(13-4-3-7-28-13)15-16(22-23-17(15)19(24)25)11-6-5-10(20)8-12(11)21/h3-8,14,18H,9H2,1-2H3,(H,22,23). The number of fused-ring (bicyclic) bond motifs is 1. The molecule has 0 aliphatic carbocycles. The molecular weight excluding hydrogens is 405 g/mol. The summed E-state index contributed by atoms with van der Waals surface area (Å²) in [6.07, 6.45) is 0.982. The SMILES string of the molecule is COC(CN1C(=O)c2[nH]nc(-c3ccc(Cl)cc3Cl)c2C1c1ccco1)OC. The minimum absolute atomic E-state index is 0.216. The third-order valence-electron chi connectivity index (χ3n) is 4.73. The summed E-state index contributed by atoms with van der Waals surface area (Å²) in [6.45, 7) is 0.216. The second kappa shape index (κ2) is 7.60. The second-order valence-electron chi connectivity index (χ2n) is 6.26. The topological polar surface area (TPSA) is 80.6 Å². The van der Waals surface area contributed by atoms with Gasteiger partial charge in [0.1, 0.15) is 23.2 Å². The van der Waals surface area contributed by atoms with Crippen LogP contribution in [0.5, 0.6) is 0 Å². The number of H-pyrrole nitrogens is 1. The molecule has 1 N–H and O–H groups in total. The lowest BCUT2D eigenvalue weighted by atomic mass is 10.00. The predicted molar refractivity (Wildman–Crippen MR) is 103 cm³/mol. The summed E-state index contributed by atoms with van der Waals surface area (Å²) in [5.74, 6) is 0.380. The molecule has 4 rings (SSSR count). The fourth-order valence-electron chi connectivity index (χ4n) is 3.42. The average Bonchev–Trinajstić information content (AvgIpc) is 3.39. The molecule has 1 unspecified atom stereocenters. The van der Waals surface area contributed by atoms with Crippen molar-refractivity contribution in [3.63, 3.8) is 0 Å². The highest BCUT2D eigenvalue weighted by Gasteiger charge is 2.44. The number of furan rings is 1. The molecule has 28 heavy (non-hydrogen) atoms. The number of carbonyl (C=O) groups excluding carboxylic acids is 1. The van der Waals surface area contributed by atoms with E-state index in [4.69, 9.17) is 37.1 Å². The molecule has 0 radical (unpaired) electrons. The average molecular weight is 422 g/mol. The van der Waals surface area contributed by atoms with E-state index in [0.717, 1.165) is 0 Å². The van der Waals surface area contributed by atoms with Gasteiger partial charge in [0.05, 0.1) is 17.8 Å². The Balaban J connectivity index is 1.84. The zero-order chi connectivity index (χ0) is 19.8. The lowest BCUT2D eigenvalue weighted by Gasteiger charge is -2.27. The molecule has 0 fully saturated rings. The summed E-state index contributed by atoms with van der Waals surface area (Å²) in [5, 5.41) is 8.17. The molecule has 1 aromatic carbocycles. The van der Waals surface area contributed by atoms with Gasteiger partial charge >= 0.3 is 0 Å². The summed E-state index contributed by atoms with van der Waals surface area (Å²) < 4.78 is 16.2. The number of nitrogens with one attached hydrogen (secondary N) is 1. The van der Waals surface area contributed by atoms with E-state index in [2.05, 4.69) is 10.2 Å². The molecule has 0 spiro atoms. The Morgan fingerprint density at radius 3 is 2.71 bits per heavy atom. The molecule has 1 aliphatic rings. The Kier molecular flexibility index (Phi) is 5.16. The van der Waals surface area contributed by atoms with Gasteiger partial charge in [-0.3, -0.25) is 9.89 Å². The van der Waals surface area contributed by atoms with E-state index >= 15 is 0 Å². The molecule has 0 saturated heterocycles. The molecule has 3 aromatic rings. The number of ether oxygens (including phenoxy) is 2. The van der Waals surface area contributed by atoms with Crippen LogP contribution in [0.25, 0.3) is 11.3 Å². The highest BCUT2D eigenvalue weighted by Crippen LogP contribution is 2.44. The van der Waals surface area contributed by atoms with Gasteiger partial charge in [-0.05, 0) is 30.3 Å². The van der Waals surface area contributed by atoms with Gasteiger partial charge in [-0.15, -0.1) is 0 Å². The van der Waals surface area contributed by atoms with Crippen LogP contribution in [0.1, 0.15) is 27.9 Å². The molecule has 146 valence electrons. The maximum Gasteiger partial charge on any atom is 0.273 e. The lowest BCUT2D eigenvalue weighted by molar-refractivity contribution is -0.114. The minimum Gasteiger partial charge on any atom is -0.467 e. The molecular formula is C19H17Cl2N3O4. The van der Waals surface area contributed by atoms with Gasteiger partial charge in [-0.2, -0.15) is 5.10 Å². The largest absolute Gasteiger partial charge is 0.467 e. The first-order chi connectivity index (χ1) is 13.5. The van der Waals surface area contributed by atoms with Crippen LogP contribution in [0.3, 0.4) is 0 Å². The molecule has 0 saturated carbocycles. The Morgan fingerprint density at radius 2 is 2.07 bits per heavy atom. The van der Waals surface area contributed by atoms with Crippen LogP contribution in [0.15, 0.2) is 41.0 Å². The fraction of sp³-hybridized carbons (Fsp3) is 0.263. The number of hydrogen-bond acceptors (Lipinski definition) is 5. The van der Waals surface area contributed by atoms with Crippen molar-refractivity contribution in [1.82, 2.24) is 15.1 Å². The Hall–Kier alpha value is -2.32. The van der Waals surface area contributed by atoms with Crippen LogP contribution in [-0.4, -0.2) is 48.1 Å². The van der Waals surface area contributed by atoms with Crippen LogP contribution in [0, 0.1) is 0 Å². The maximum absolute atomic E-state index is 13.1. The van der Waals surface area contributed by atoms with Crippen molar-refractivity contribution < 1.29 is 18.7 Å².